The Kier molecular flexibility index (Phi) is 118. The molecule has 0 aliphatic rings. The molecule has 0 rings (SSSR count). The predicted molar refractivity (Wildman–Crippen MR) is 38.6 cm³/mol. The number of halogens is 1. The number of aliphatic carboxylic acids is 1. The van der Waals surface area contributed by atoms with Gasteiger partial charge in [0.2, 0.25) is 0 Å². The van der Waals surface area contributed by atoms with E-state index < -0.39 is 12.0 Å². The number of carboxylic acids is 1. The standard InChI is InChI=1S/C3H7NO2S.3CO.ClH.Ru/c4-2(1-7)3(5)6;3*1-2;;/h2,7H,1,4H2,(H,5,6);;;;1H;/q;;;;;+2/p-2. The zero-order chi connectivity index (χ0) is 11.9. The summed E-state index contributed by atoms with van der Waals surface area (Å²) in [7, 11) is 0. The first-order valence-corrected chi connectivity index (χ1v) is 3.00. The first-order valence-electron chi connectivity index (χ1n) is 2.37. The molecule has 0 aromatic heterocycles. The Morgan fingerprint density at radius 3 is 1.47 bits per heavy atom. The summed E-state index contributed by atoms with van der Waals surface area (Å²) in [6.45, 7) is 13.5. The van der Waals surface area contributed by atoms with Crippen LogP contribution in [0, 0.1) is 20.0 Å². The number of rotatable bonds is 2. The number of thiol groups is 1. The molecule has 0 fully saturated rings. The van der Waals surface area contributed by atoms with E-state index in [1.807, 2.05) is 0 Å². The maximum Gasteiger partial charge on any atom is 2.00 e. The van der Waals surface area contributed by atoms with Crippen LogP contribution >= 0.6 is 12.6 Å². The van der Waals surface area contributed by atoms with Crippen LogP contribution in [0.25, 0.3) is 0 Å². The van der Waals surface area contributed by atoms with Crippen LogP contribution < -0.4 is 23.2 Å². The molecular formula is C6H6ClNO5RuS. The van der Waals surface area contributed by atoms with Gasteiger partial charge < -0.3 is 28.0 Å². The second-order valence-corrected chi connectivity index (χ2v) is 1.47. The van der Waals surface area contributed by atoms with E-state index in [0.29, 0.717) is 0 Å². The molecular weight excluding hydrogens is 335 g/mol. The van der Waals surface area contributed by atoms with Crippen LogP contribution in [0.15, 0.2) is 0 Å². The molecule has 0 heterocycles. The summed E-state index contributed by atoms with van der Waals surface area (Å²) < 4.78 is 22.5. The third-order valence-electron chi connectivity index (χ3n) is 0.499. The van der Waals surface area contributed by atoms with Crippen LogP contribution in [0.4, 0.5) is 0 Å². The van der Waals surface area contributed by atoms with Gasteiger partial charge in [0, 0.05) is 5.75 Å². The summed E-state index contributed by atoms with van der Waals surface area (Å²) in [6.07, 6.45) is 0. The normalized spacial score (nSPS) is 6.67. The minimum Gasteiger partial charge on any atom is -1.00 e. The summed E-state index contributed by atoms with van der Waals surface area (Å²) >= 11 is 3.61. The minimum absolute atomic E-state index is 0. The second-order valence-electron chi connectivity index (χ2n) is 1.11. The van der Waals surface area contributed by atoms with E-state index in [0.717, 1.165) is 0 Å². The van der Waals surface area contributed by atoms with Gasteiger partial charge in [-0.3, -0.25) is 0 Å². The maximum absolute atomic E-state index is 9.65. The molecule has 6 nitrogen and oxygen atoms in total. The van der Waals surface area contributed by atoms with Crippen molar-refractivity contribution in [3.8, 4) is 0 Å². The molecule has 0 radical (unpaired) electrons. The molecule has 1 atom stereocenters. The average Bonchev–Trinajstić information content (AvgIpc) is 2.25. The Morgan fingerprint density at radius 2 is 1.47 bits per heavy atom. The van der Waals surface area contributed by atoms with E-state index in [1.165, 1.54) is 0 Å². The molecule has 0 spiro atoms. The van der Waals surface area contributed by atoms with E-state index in [1.54, 1.807) is 0 Å². The van der Waals surface area contributed by atoms with E-state index >= 15 is 0 Å². The molecule has 15 heavy (non-hydrogen) atoms. The fourth-order valence-corrected chi connectivity index (χ4v) is 0.224. The van der Waals surface area contributed by atoms with Crippen molar-refractivity contribution in [2.75, 3.05) is 5.75 Å². The van der Waals surface area contributed by atoms with Gasteiger partial charge in [-0.05, 0) is 0 Å². The number of carbonyl (C=O) groups is 1. The topological polar surface area (TPSA) is 126 Å². The quantitative estimate of drug-likeness (QED) is 0.226. The molecule has 2 N–H and O–H groups in total. The zero-order valence-electron chi connectivity index (χ0n) is 7.08. The largest absolute Gasteiger partial charge is 2.00 e. The molecule has 1 unspecified atom stereocenters. The van der Waals surface area contributed by atoms with Crippen LogP contribution in [0.5, 0.6) is 0 Å². The van der Waals surface area contributed by atoms with Crippen molar-refractivity contribution in [1.29, 1.82) is 0 Å². The number of carboxylic acid groups (broad SMARTS) is 1. The van der Waals surface area contributed by atoms with Crippen molar-refractivity contribution >= 4 is 18.6 Å². The van der Waals surface area contributed by atoms with Gasteiger partial charge in [0.25, 0.3) is 0 Å². The van der Waals surface area contributed by atoms with E-state index in [-0.39, 0.29) is 37.6 Å². The maximum atomic E-state index is 9.65. The zero-order valence-corrected chi connectivity index (χ0v) is 10.5. The Hall–Kier alpha value is -0.0866. The van der Waals surface area contributed by atoms with Crippen LogP contribution in [-0.4, -0.2) is 17.8 Å². The number of nitrogens with two attached hydrogens (primary N) is 1. The van der Waals surface area contributed by atoms with Crippen LogP contribution in [0.2, 0.25) is 0 Å². The van der Waals surface area contributed by atoms with Gasteiger partial charge in [-0.2, -0.15) is 12.6 Å². The third-order valence-corrected chi connectivity index (χ3v) is 0.893. The molecule has 0 bridgehead atoms. The Labute approximate surface area is 112 Å². The summed E-state index contributed by atoms with van der Waals surface area (Å²) in [5.74, 6) is -1.13. The Balaban J connectivity index is -0.0000000221. The van der Waals surface area contributed by atoms with Crippen molar-refractivity contribution in [3.63, 3.8) is 0 Å². The summed E-state index contributed by atoms with van der Waals surface area (Å²) in [6, 6.07) is -0.927. The molecule has 9 heteroatoms. The number of hydrogen-bond acceptors (Lipinski definition) is 4. The fraction of sp³-hybridized carbons (Fsp3) is 0.333. The minimum atomic E-state index is -1.25. The smallest absolute Gasteiger partial charge is 1.00 e. The van der Waals surface area contributed by atoms with Gasteiger partial charge in [-0.25, -0.2) is 0 Å². The molecule has 0 aromatic rings. The van der Waals surface area contributed by atoms with Gasteiger partial charge in [0.05, 0.1) is 12.0 Å². The van der Waals surface area contributed by atoms with Crippen molar-refractivity contribution < 1.29 is 55.7 Å². The van der Waals surface area contributed by atoms with E-state index in [2.05, 4.69) is 32.6 Å². The van der Waals surface area contributed by atoms with Gasteiger partial charge in [0.1, 0.15) is 0 Å². The average molecular weight is 341 g/mol. The van der Waals surface area contributed by atoms with Gasteiger partial charge >= 0.3 is 53.4 Å². The molecule has 0 aliphatic carbocycles. The van der Waals surface area contributed by atoms with E-state index in [9.17, 15) is 9.90 Å². The molecule has 0 saturated carbocycles. The Morgan fingerprint density at radius 1 is 1.27 bits per heavy atom. The molecule has 0 aliphatic heterocycles. The van der Waals surface area contributed by atoms with Gasteiger partial charge in [0.15, 0.2) is 0 Å². The van der Waals surface area contributed by atoms with Crippen LogP contribution in [0.1, 0.15) is 0 Å². The van der Waals surface area contributed by atoms with Gasteiger partial charge in [-0.15, -0.1) is 0 Å². The number of hydrogen-bond donors (Lipinski definition) is 2. The molecule has 0 aromatic carbocycles. The predicted octanol–water partition coefficient (Wildman–Crippen LogP) is -5.12. The van der Waals surface area contributed by atoms with Crippen LogP contribution in [-0.2, 0) is 38.2 Å². The SMILES string of the molecule is NC(CS)C(=O)[O-].[C-]#[O+].[C-]#[O+].[C-]#[O+].[Cl-].[Ru+2]. The first-order chi connectivity index (χ1) is 6.18. The van der Waals surface area contributed by atoms with Gasteiger partial charge in [-0.1, -0.05) is 0 Å². The first kappa shape index (κ1) is 36.3. The van der Waals surface area contributed by atoms with E-state index in [4.69, 9.17) is 19.7 Å². The molecule has 0 saturated heterocycles. The summed E-state index contributed by atoms with van der Waals surface area (Å²) in [4.78, 5) is 9.65. The summed E-state index contributed by atoms with van der Waals surface area (Å²) in [5.41, 5.74) is 4.88. The van der Waals surface area contributed by atoms with Crippen molar-refractivity contribution in [2.45, 2.75) is 6.04 Å². The van der Waals surface area contributed by atoms with Crippen molar-refractivity contribution in [2.24, 2.45) is 5.73 Å². The fourth-order valence-electron chi connectivity index (χ4n) is 0.0745. The van der Waals surface area contributed by atoms with Crippen LogP contribution in [0.3, 0.4) is 0 Å². The third kappa shape index (κ3) is 56.5. The van der Waals surface area contributed by atoms with Crippen molar-refractivity contribution in [1.82, 2.24) is 0 Å². The molecule has 86 valence electrons. The van der Waals surface area contributed by atoms with Crippen molar-refractivity contribution in [3.05, 3.63) is 20.0 Å². The monoisotopic (exact) mass is 341 g/mol. The second kappa shape index (κ2) is 48.5. The molecule has 0 amide bonds. The summed E-state index contributed by atoms with van der Waals surface area (Å²) in [5, 5.41) is 9.65. The Bertz CT molecular complexity index is 160. The number of carbonyl (C=O) groups excluding carboxylic acids is 1.